The van der Waals surface area contributed by atoms with E-state index in [1.165, 1.54) is 11.1 Å². The largest absolute Gasteiger partial charge is 0.591 e. The molecule has 1 unspecified atom stereocenters. The quantitative estimate of drug-likeness (QED) is 0.549. The molecule has 150 valence electrons. The Morgan fingerprint density at radius 3 is 2.63 bits per heavy atom. The lowest BCUT2D eigenvalue weighted by Gasteiger charge is -2.45. The molecule has 0 N–H and O–H groups in total. The monoisotopic (exact) mass is 453 g/mol. The average Bonchev–Trinajstić information content (AvgIpc) is 2.86. The first kappa shape index (κ1) is 21.4. The molecule has 0 bridgehead atoms. The van der Waals surface area contributed by atoms with Crippen LogP contribution in [0.5, 0.6) is 0 Å². The maximum absolute atomic E-state index is 13.0. The minimum Gasteiger partial charge on any atom is -0.591 e. The van der Waals surface area contributed by atoms with E-state index in [4.69, 9.17) is 9.13 Å². The standard InChI is InChI=1S/C22H32BrNO2S/c1-7-15-12-22(11-14(2)19(15)26-6)13-16-8-9-17(23)10-18(16)20(22)24-27(25)21(3,4)5/h8-10,14-15,19H,7,11-13H2,1-6H3/t14-,15+,19+,22+,27?/m0/s1. The minimum atomic E-state index is -1.26. The van der Waals surface area contributed by atoms with Gasteiger partial charge in [0.25, 0.3) is 0 Å². The van der Waals surface area contributed by atoms with Crippen molar-refractivity contribution in [2.45, 2.75) is 71.2 Å². The number of hydrogen-bond donors (Lipinski definition) is 0. The number of hydrogen-bond acceptors (Lipinski definition) is 3. The molecular weight excluding hydrogens is 422 g/mol. The smallest absolute Gasteiger partial charge is 0.144 e. The highest BCUT2D eigenvalue weighted by Crippen LogP contribution is 2.53. The molecule has 0 amide bonds. The summed E-state index contributed by atoms with van der Waals surface area (Å²) in [6, 6.07) is 6.48. The number of rotatable bonds is 3. The van der Waals surface area contributed by atoms with Crippen molar-refractivity contribution in [3.8, 4) is 0 Å². The van der Waals surface area contributed by atoms with Gasteiger partial charge in [-0.25, -0.2) is 0 Å². The van der Waals surface area contributed by atoms with E-state index in [2.05, 4.69) is 48.0 Å². The van der Waals surface area contributed by atoms with Crippen molar-refractivity contribution in [3.05, 3.63) is 33.8 Å². The Morgan fingerprint density at radius 2 is 2.04 bits per heavy atom. The van der Waals surface area contributed by atoms with Gasteiger partial charge in [-0.3, -0.25) is 0 Å². The molecule has 1 spiro atoms. The lowest BCUT2D eigenvalue weighted by atomic mass is 9.62. The van der Waals surface area contributed by atoms with Crippen molar-refractivity contribution < 1.29 is 9.29 Å². The van der Waals surface area contributed by atoms with Crippen molar-refractivity contribution in [2.24, 2.45) is 21.6 Å². The second-order valence-electron chi connectivity index (χ2n) is 9.31. The Bertz CT molecular complexity index is 730. The third-order valence-electron chi connectivity index (χ3n) is 6.24. The highest BCUT2D eigenvalue weighted by Gasteiger charge is 2.52. The number of halogens is 1. The first-order chi connectivity index (χ1) is 12.6. The van der Waals surface area contributed by atoms with Crippen LogP contribution in [0.1, 0.15) is 65.0 Å². The van der Waals surface area contributed by atoms with Crippen molar-refractivity contribution >= 4 is 33.0 Å². The second-order valence-corrected chi connectivity index (χ2v) is 12.1. The maximum atomic E-state index is 13.0. The third kappa shape index (κ3) is 4.03. The van der Waals surface area contributed by atoms with Gasteiger partial charge in [0.2, 0.25) is 0 Å². The fraction of sp³-hybridized carbons (Fsp3) is 0.682. The molecule has 5 atom stereocenters. The summed E-state index contributed by atoms with van der Waals surface area (Å²) >= 11 is 2.36. The van der Waals surface area contributed by atoms with Crippen LogP contribution in [0.2, 0.25) is 0 Å². The van der Waals surface area contributed by atoms with Crippen LogP contribution >= 0.6 is 15.9 Å². The van der Waals surface area contributed by atoms with Gasteiger partial charge in [0.05, 0.1) is 6.10 Å². The van der Waals surface area contributed by atoms with Crippen LogP contribution in [0.25, 0.3) is 0 Å². The van der Waals surface area contributed by atoms with Gasteiger partial charge in [0.15, 0.2) is 0 Å². The minimum absolute atomic E-state index is 0.0286. The van der Waals surface area contributed by atoms with Gasteiger partial charge in [0, 0.05) is 22.6 Å². The molecule has 1 fully saturated rings. The van der Waals surface area contributed by atoms with Gasteiger partial charge >= 0.3 is 0 Å². The average molecular weight is 454 g/mol. The zero-order valence-corrected chi connectivity index (χ0v) is 19.7. The fourth-order valence-corrected chi connectivity index (χ4v) is 6.15. The highest BCUT2D eigenvalue weighted by molar-refractivity contribution is 9.10. The Labute approximate surface area is 175 Å². The summed E-state index contributed by atoms with van der Waals surface area (Å²) in [5.41, 5.74) is 3.55. The van der Waals surface area contributed by atoms with E-state index in [-0.39, 0.29) is 10.2 Å². The number of benzene rings is 1. The molecule has 0 aliphatic heterocycles. The van der Waals surface area contributed by atoms with Crippen molar-refractivity contribution in [3.63, 3.8) is 0 Å². The summed E-state index contributed by atoms with van der Waals surface area (Å²) in [5.74, 6) is 0.963. The first-order valence-electron chi connectivity index (χ1n) is 9.94. The predicted octanol–water partition coefficient (Wildman–Crippen LogP) is 5.71. The van der Waals surface area contributed by atoms with Gasteiger partial charge in [0.1, 0.15) is 21.8 Å². The lowest BCUT2D eigenvalue weighted by molar-refractivity contribution is -0.0419. The summed E-state index contributed by atoms with van der Waals surface area (Å²) < 4.78 is 24.4. The molecule has 1 saturated carbocycles. The molecule has 0 radical (unpaired) electrons. The van der Waals surface area contributed by atoms with E-state index in [9.17, 15) is 4.55 Å². The zero-order chi connectivity index (χ0) is 20.0. The van der Waals surface area contributed by atoms with Crippen LogP contribution in [0.4, 0.5) is 0 Å². The van der Waals surface area contributed by atoms with E-state index in [0.29, 0.717) is 17.9 Å². The first-order valence-corrected chi connectivity index (χ1v) is 11.8. The molecule has 27 heavy (non-hydrogen) atoms. The van der Waals surface area contributed by atoms with Crippen LogP contribution in [0.3, 0.4) is 0 Å². The predicted molar refractivity (Wildman–Crippen MR) is 118 cm³/mol. The summed E-state index contributed by atoms with van der Waals surface area (Å²) in [7, 11) is 1.84. The molecule has 0 heterocycles. The number of methoxy groups -OCH3 is 1. The Balaban J connectivity index is 2.10. The van der Waals surface area contributed by atoms with Gasteiger partial charge in [-0.05, 0) is 69.6 Å². The number of ether oxygens (including phenoxy) is 1. The lowest BCUT2D eigenvalue weighted by Crippen LogP contribution is -2.46. The van der Waals surface area contributed by atoms with Gasteiger partial charge in [-0.1, -0.05) is 46.7 Å². The third-order valence-corrected chi connectivity index (χ3v) is 8.13. The summed E-state index contributed by atoms with van der Waals surface area (Å²) in [6.07, 6.45) is 4.48. The summed E-state index contributed by atoms with van der Waals surface area (Å²) in [6.45, 7) is 10.5. The molecule has 0 aromatic heterocycles. The SMILES string of the molecule is CC[C@@H]1C[C@@]2(Cc3ccc(Br)cc3C2=N[S+]([O-])C(C)(C)C)C[C@H](C)[C@H]1OC. The molecule has 3 rings (SSSR count). The Morgan fingerprint density at radius 1 is 1.33 bits per heavy atom. The van der Waals surface area contributed by atoms with Gasteiger partial charge < -0.3 is 9.29 Å². The van der Waals surface area contributed by atoms with Gasteiger partial charge in [-0.15, -0.1) is 0 Å². The van der Waals surface area contributed by atoms with Crippen LogP contribution in [0.15, 0.2) is 27.1 Å². The number of nitrogens with zero attached hydrogens (tertiary/aromatic N) is 1. The Kier molecular flexibility index (Phi) is 6.18. The van der Waals surface area contributed by atoms with E-state index in [1.54, 1.807) is 0 Å². The molecule has 5 heteroatoms. The molecular formula is C22H32BrNO2S. The molecule has 1 aromatic rings. The molecule has 2 aliphatic rings. The maximum Gasteiger partial charge on any atom is 0.144 e. The fourth-order valence-electron chi connectivity index (χ4n) is 5.06. The molecule has 0 saturated heterocycles. The van der Waals surface area contributed by atoms with E-state index >= 15 is 0 Å². The molecule has 2 aliphatic carbocycles. The number of fused-ring (bicyclic) bond motifs is 1. The van der Waals surface area contributed by atoms with Crippen LogP contribution < -0.4 is 0 Å². The van der Waals surface area contributed by atoms with E-state index in [0.717, 1.165) is 35.9 Å². The topological polar surface area (TPSA) is 44.7 Å². The molecule has 1 aromatic carbocycles. The zero-order valence-electron chi connectivity index (χ0n) is 17.3. The van der Waals surface area contributed by atoms with E-state index < -0.39 is 11.4 Å². The van der Waals surface area contributed by atoms with E-state index in [1.807, 2.05) is 27.9 Å². The van der Waals surface area contributed by atoms with Crippen LogP contribution in [-0.2, 0) is 22.5 Å². The van der Waals surface area contributed by atoms with Gasteiger partial charge in [-0.2, -0.15) is 0 Å². The Hall–Kier alpha value is -0.360. The van der Waals surface area contributed by atoms with Crippen molar-refractivity contribution in [1.29, 1.82) is 0 Å². The highest BCUT2D eigenvalue weighted by atomic mass is 79.9. The normalized spacial score (nSPS) is 33.5. The molecule has 3 nitrogen and oxygen atoms in total. The summed E-state index contributed by atoms with van der Waals surface area (Å²) in [4.78, 5) is 0. The summed E-state index contributed by atoms with van der Waals surface area (Å²) in [5, 5.41) is 0. The van der Waals surface area contributed by atoms with Crippen molar-refractivity contribution in [2.75, 3.05) is 7.11 Å². The second kappa shape index (κ2) is 7.81. The van der Waals surface area contributed by atoms with Crippen molar-refractivity contribution in [1.82, 2.24) is 0 Å². The van der Waals surface area contributed by atoms with Crippen LogP contribution in [0, 0.1) is 17.3 Å². The van der Waals surface area contributed by atoms with Crippen LogP contribution in [-0.4, -0.2) is 28.2 Å².